The molecule has 4 rings (SSSR count). The molecule has 0 saturated carbocycles. The molecule has 0 saturated heterocycles. The van der Waals surface area contributed by atoms with Crippen molar-refractivity contribution in [3.8, 4) is 0 Å². The van der Waals surface area contributed by atoms with Crippen molar-refractivity contribution in [2.24, 2.45) is 5.92 Å². The van der Waals surface area contributed by atoms with Gasteiger partial charge >= 0.3 is 0 Å². The third-order valence-corrected chi connectivity index (χ3v) is 9.06. The maximum atomic E-state index is 13.8. The molecule has 2 heterocycles. The summed E-state index contributed by atoms with van der Waals surface area (Å²) < 4.78 is 4.44. The molecule has 1 aliphatic heterocycles. The molecule has 2 atom stereocenters. The molecule has 6 nitrogen and oxygen atoms in total. The summed E-state index contributed by atoms with van der Waals surface area (Å²) in [6.45, 7) is 12.3. The molecule has 0 spiro atoms. The van der Waals surface area contributed by atoms with E-state index in [1.54, 1.807) is 11.9 Å². The van der Waals surface area contributed by atoms with Crippen LogP contribution < -0.4 is 14.9 Å². The molecule has 1 aromatic heterocycles. The third kappa shape index (κ3) is 7.62. The van der Waals surface area contributed by atoms with E-state index in [1.807, 2.05) is 30.3 Å². The summed E-state index contributed by atoms with van der Waals surface area (Å²) in [4.78, 5) is 13.8. The highest BCUT2D eigenvalue weighted by Crippen LogP contribution is 2.38. The van der Waals surface area contributed by atoms with Crippen LogP contribution in [0.15, 0.2) is 48.7 Å². The van der Waals surface area contributed by atoms with Gasteiger partial charge in [0, 0.05) is 48.6 Å². The summed E-state index contributed by atoms with van der Waals surface area (Å²) in [6, 6.07) is 13.7. The number of aryl methyl sites for hydroxylation is 2. The monoisotopic (exact) mass is 564 g/mol. The van der Waals surface area contributed by atoms with Crippen molar-refractivity contribution in [1.29, 1.82) is 0 Å². The van der Waals surface area contributed by atoms with E-state index in [2.05, 4.69) is 79.5 Å². The molecule has 3 aromatic rings. The predicted molar refractivity (Wildman–Crippen MR) is 170 cm³/mol. The first kappa shape index (κ1) is 30.5. The first-order valence-corrected chi connectivity index (χ1v) is 15.8. The number of aliphatic hydroxyl groups excluding tert-OH is 1. The quantitative estimate of drug-likeness (QED) is 0.216. The fraction of sp³-hybridized carbons (Fsp3) is 0.545. The number of aromatic nitrogens is 1. The second-order valence-electron chi connectivity index (χ2n) is 12.3. The van der Waals surface area contributed by atoms with Gasteiger partial charge in [0.15, 0.2) is 0 Å². The minimum absolute atomic E-state index is 0.0884. The van der Waals surface area contributed by atoms with Crippen LogP contribution >= 0.6 is 11.9 Å². The molecular weight excluding hydrogens is 516 g/mol. The Morgan fingerprint density at radius 2 is 1.93 bits per heavy atom. The van der Waals surface area contributed by atoms with Gasteiger partial charge in [-0.1, -0.05) is 57.0 Å². The number of rotatable bonds is 13. The number of nitrogens with zero attached hydrogens (tertiary/aromatic N) is 2. The summed E-state index contributed by atoms with van der Waals surface area (Å²) in [5, 5.41) is 19.4. The van der Waals surface area contributed by atoms with Crippen LogP contribution in [0.5, 0.6) is 0 Å². The molecule has 1 amide bonds. The number of hydrogen-bond donors (Lipinski definition) is 3. The lowest BCUT2D eigenvalue weighted by Crippen LogP contribution is -2.52. The normalized spacial score (nSPS) is 15.3. The summed E-state index contributed by atoms with van der Waals surface area (Å²) >= 11 is 1.79. The van der Waals surface area contributed by atoms with Crippen LogP contribution in [0, 0.1) is 5.92 Å². The van der Waals surface area contributed by atoms with Crippen LogP contribution in [0.3, 0.4) is 0 Å². The van der Waals surface area contributed by atoms with Crippen molar-refractivity contribution in [3.05, 3.63) is 65.4 Å². The van der Waals surface area contributed by atoms with Crippen molar-refractivity contribution in [1.82, 2.24) is 15.2 Å². The van der Waals surface area contributed by atoms with Gasteiger partial charge in [0.1, 0.15) is 0 Å². The largest absolute Gasteiger partial charge is 0.390 e. The first-order chi connectivity index (χ1) is 19.1. The molecule has 2 aromatic carbocycles. The van der Waals surface area contributed by atoms with Gasteiger partial charge in [0.05, 0.1) is 23.3 Å². The highest BCUT2D eigenvalue weighted by atomic mass is 32.2. The van der Waals surface area contributed by atoms with Crippen molar-refractivity contribution < 1.29 is 9.90 Å². The van der Waals surface area contributed by atoms with Crippen LogP contribution in [-0.2, 0) is 19.4 Å². The Morgan fingerprint density at radius 1 is 1.18 bits per heavy atom. The lowest BCUT2D eigenvalue weighted by molar-refractivity contribution is 0.0812. The first-order valence-electron chi connectivity index (χ1n) is 14.9. The molecule has 1 aliphatic rings. The standard InChI is InChI=1S/C33H48N4O2S/c1-7-37-22-25-15-17-40-36(6)28-19-26(20-29(37)31(25)28)32(39)35-27(18-24-13-9-8-10-14-24)30(38)21-34-33(4,5)16-11-12-23(2)3/h8-10,13-14,19-20,22-23,27,30,34,38H,7,11-12,15-18,21H2,1-6H3,(H,35,39)/t27-,30+/m0/s1. The molecule has 40 heavy (non-hydrogen) atoms. The lowest BCUT2D eigenvalue weighted by atomic mass is 9.93. The van der Waals surface area contributed by atoms with Gasteiger partial charge in [-0.15, -0.1) is 0 Å². The fourth-order valence-electron chi connectivity index (χ4n) is 5.65. The number of β-amino-alcohol motifs (C(OH)–C–C–N with tert-alkyl or cyclic N) is 1. The molecule has 7 heteroatoms. The minimum atomic E-state index is -0.733. The molecule has 218 valence electrons. The van der Waals surface area contributed by atoms with Gasteiger partial charge in [0.2, 0.25) is 0 Å². The van der Waals surface area contributed by atoms with Crippen LogP contribution in [0.2, 0.25) is 0 Å². The second-order valence-corrected chi connectivity index (χ2v) is 13.5. The van der Waals surface area contributed by atoms with E-state index in [9.17, 15) is 9.90 Å². The van der Waals surface area contributed by atoms with Gasteiger partial charge in [-0.2, -0.15) is 0 Å². The van der Waals surface area contributed by atoms with Gasteiger partial charge in [-0.05, 0) is 81.2 Å². The Kier molecular flexibility index (Phi) is 10.3. The fourth-order valence-corrected chi connectivity index (χ4v) is 6.52. The highest BCUT2D eigenvalue weighted by Gasteiger charge is 2.27. The highest BCUT2D eigenvalue weighted by molar-refractivity contribution is 8.00. The van der Waals surface area contributed by atoms with Crippen molar-refractivity contribution in [2.75, 3.05) is 23.7 Å². The van der Waals surface area contributed by atoms with E-state index in [1.165, 1.54) is 17.4 Å². The number of amides is 1. The Bertz CT molecular complexity index is 1270. The number of nitrogens with one attached hydrogen (secondary N) is 2. The Balaban J connectivity index is 1.55. The maximum absolute atomic E-state index is 13.8. The Morgan fingerprint density at radius 3 is 2.62 bits per heavy atom. The van der Waals surface area contributed by atoms with Crippen LogP contribution in [-0.4, -0.2) is 52.6 Å². The van der Waals surface area contributed by atoms with Gasteiger partial charge in [-0.25, -0.2) is 0 Å². The van der Waals surface area contributed by atoms with Crippen molar-refractivity contribution in [3.63, 3.8) is 0 Å². The number of anilines is 1. The molecule has 0 fully saturated rings. The van der Waals surface area contributed by atoms with Gasteiger partial charge < -0.3 is 24.6 Å². The van der Waals surface area contributed by atoms with E-state index in [0.29, 0.717) is 24.4 Å². The number of benzene rings is 2. The summed E-state index contributed by atoms with van der Waals surface area (Å²) in [7, 11) is 2.08. The molecule has 3 N–H and O–H groups in total. The van der Waals surface area contributed by atoms with Crippen molar-refractivity contribution >= 4 is 34.4 Å². The number of hydrogen-bond acceptors (Lipinski definition) is 5. The summed E-state index contributed by atoms with van der Waals surface area (Å²) in [5.74, 6) is 1.55. The van der Waals surface area contributed by atoms with Gasteiger partial charge in [-0.3, -0.25) is 4.79 Å². The van der Waals surface area contributed by atoms with E-state index >= 15 is 0 Å². The zero-order valence-electron chi connectivity index (χ0n) is 25.2. The molecular formula is C33H48N4O2S. The molecule has 0 radical (unpaired) electrons. The Labute approximate surface area is 245 Å². The molecule has 0 aliphatic carbocycles. The van der Waals surface area contributed by atoms with Crippen LogP contribution in [0.1, 0.15) is 75.4 Å². The summed E-state index contributed by atoms with van der Waals surface area (Å²) in [5.41, 5.74) is 5.15. The number of carbonyl (C=O) groups excluding carboxylic acids is 1. The van der Waals surface area contributed by atoms with E-state index in [0.717, 1.165) is 48.3 Å². The molecule has 0 unspecified atom stereocenters. The topological polar surface area (TPSA) is 69.5 Å². The SMILES string of the molecule is CCn1cc2c3c(cc(C(=O)N[C@@H](Cc4ccccc4)[C@H](O)CNC(C)(C)CCCC(C)C)cc31)N(C)SCC2. The predicted octanol–water partition coefficient (Wildman–Crippen LogP) is 6.20. The number of carbonyl (C=O) groups is 1. The zero-order valence-corrected chi connectivity index (χ0v) is 26.0. The lowest BCUT2D eigenvalue weighted by Gasteiger charge is -2.31. The minimum Gasteiger partial charge on any atom is -0.390 e. The van der Waals surface area contributed by atoms with Crippen LogP contribution in [0.4, 0.5) is 5.69 Å². The third-order valence-electron chi connectivity index (χ3n) is 8.09. The average Bonchev–Trinajstić information content (AvgIpc) is 3.20. The average molecular weight is 565 g/mol. The van der Waals surface area contributed by atoms with Crippen LogP contribution in [0.25, 0.3) is 10.9 Å². The zero-order chi connectivity index (χ0) is 28.9. The number of aliphatic hydroxyl groups is 1. The van der Waals surface area contributed by atoms with E-state index < -0.39 is 12.1 Å². The van der Waals surface area contributed by atoms with Gasteiger partial charge in [0.25, 0.3) is 5.91 Å². The van der Waals surface area contributed by atoms with Crippen molar-refractivity contribution in [2.45, 2.75) is 91.0 Å². The Hall–Kier alpha value is -2.48. The van der Waals surface area contributed by atoms with E-state index in [-0.39, 0.29) is 11.4 Å². The molecule has 0 bridgehead atoms. The summed E-state index contributed by atoms with van der Waals surface area (Å²) in [6.07, 6.45) is 6.47. The smallest absolute Gasteiger partial charge is 0.251 e. The maximum Gasteiger partial charge on any atom is 0.251 e. The second kappa shape index (κ2) is 13.5. The van der Waals surface area contributed by atoms with E-state index in [4.69, 9.17) is 0 Å².